The summed E-state index contributed by atoms with van der Waals surface area (Å²) in [5.74, 6) is -0.565. The van der Waals surface area contributed by atoms with Crippen molar-refractivity contribution in [3.05, 3.63) is 63.6 Å². The van der Waals surface area contributed by atoms with Gasteiger partial charge in [-0.2, -0.15) is 0 Å². The van der Waals surface area contributed by atoms with Crippen LogP contribution < -0.4 is 4.74 Å². The molecule has 0 aliphatic carbocycles. The first kappa shape index (κ1) is 16.2. The van der Waals surface area contributed by atoms with Crippen molar-refractivity contribution in [2.75, 3.05) is 6.61 Å². The summed E-state index contributed by atoms with van der Waals surface area (Å²) in [7, 11) is 0. The molecular weight excluding hydrogens is 362 g/mol. The SMILES string of the molecule is CCCOc1ccc(C(Cl)c2cc(F)cc(F)c2)cc1Br. The van der Waals surface area contributed by atoms with E-state index in [1.54, 1.807) is 18.2 Å². The van der Waals surface area contributed by atoms with Gasteiger partial charge in [0.1, 0.15) is 17.4 Å². The fourth-order valence-corrected chi connectivity index (χ4v) is 2.69. The number of benzene rings is 2. The third kappa shape index (κ3) is 4.17. The van der Waals surface area contributed by atoms with E-state index in [2.05, 4.69) is 15.9 Å². The van der Waals surface area contributed by atoms with Crippen molar-refractivity contribution in [3.8, 4) is 5.75 Å². The topological polar surface area (TPSA) is 9.23 Å². The molecule has 0 saturated heterocycles. The Morgan fingerprint density at radius 3 is 2.33 bits per heavy atom. The third-order valence-corrected chi connectivity index (χ3v) is 4.01. The number of halogens is 4. The molecule has 2 aromatic carbocycles. The minimum atomic E-state index is -0.641. The van der Waals surface area contributed by atoms with Crippen molar-refractivity contribution in [2.45, 2.75) is 18.7 Å². The molecule has 112 valence electrons. The Morgan fingerprint density at radius 2 is 1.76 bits per heavy atom. The van der Waals surface area contributed by atoms with Gasteiger partial charge in [-0.1, -0.05) is 13.0 Å². The summed E-state index contributed by atoms with van der Waals surface area (Å²) in [6, 6.07) is 8.67. The maximum Gasteiger partial charge on any atom is 0.133 e. The number of ether oxygens (including phenoxy) is 1. The Bertz CT molecular complexity index is 613. The Labute approximate surface area is 136 Å². The highest BCUT2D eigenvalue weighted by molar-refractivity contribution is 9.10. The quantitative estimate of drug-likeness (QED) is 0.596. The number of hydrogen-bond acceptors (Lipinski definition) is 1. The molecule has 0 N–H and O–H groups in total. The van der Waals surface area contributed by atoms with E-state index >= 15 is 0 Å². The largest absolute Gasteiger partial charge is 0.492 e. The van der Waals surface area contributed by atoms with E-state index in [1.807, 2.05) is 6.92 Å². The highest BCUT2D eigenvalue weighted by Gasteiger charge is 2.15. The van der Waals surface area contributed by atoms with Gasteiger partial charge in [0.15, 0.2) is 0 Å². The minimum Gasteiger partial charge on any atom is -0.492 e. The zero-order valence-corrected chi connectivity index (χ0v) is 13.7. The minimum absolute atomic E-state index is 0.378. The highest BCUT2D eigenvalue weighted by atomic mass is 79.9. The van der Waals surface area contributed by atoms with Crippen LogP contribution >= 0.6 is 27.5 Å². The van der Waals surface area contributed by atoms with E-state index in [1.165, 1.54) is 12.1 Å². The Morgan fingerprint density at radius 1 is 1.10 bits per heavy atom. The molecule has 1 unspecified atom stereocenters. The summed E-state index contributed by atoms with van der Waals surface area (Å²) >= 11 is 9.72. The molecule has 0 amide bonds. The smallest absolute Gasteiger partial charge is 0.133 e. The summed E-state index contributed by atoms with van der Waals surface area (Å²) in [5, 5.41) is -0.633. The van der Waals surface area contributed by atoms with Crippen molar-refractivity contribution in [1.29, 1.82) is 0 Å². The zero-order valence-electron chi connectivity index (χ0n) is 11.4. The molecule has 21 heavy (non-hydrogen) atoms. The molecule has 0 radical (unpaired) electrons. The Balaban J connectivity index is 2.26. The van der Waals surface area contributed by atoms with Gasteiger partial charge in [0.25, 0.3) is 0 Å². The second kappa shape index (κ2) is 7.23. The van der Waals surface area contributed by atoms with Crippen LogP contribution in [0.5, 0.6) is 5.75 Å². The van der Waals surface area contributed by atoms with E-state index < -0.39 is 17.0 Å². The van der Waals surface area contributed by atoms with Crippen LogP contribution in [0, 0.1) is 11.6 Å². The zero-order chi connectivity index (χ0) is 15.4. The van der Waals surface area contributed by atoms with Crippen molar-refractivity contribution < 1.29 is 13.5 Å². The van der Waals surface area contributed by atoms with Crippen LogP contribution in [0.2, 0.25) is 0 Å². The number of hydrogen-bond donors (Lipinski definition) is 0. The van der Waals surface area contributed by atoms with Crippen LogP contribution in [-0.4, -0.2) is 6.61 Å². The van der Waals surface area contributed by atoms with Gasteiger partial charge < -0.3 is 4.74 Å². The summed E-state index contributed by atoms with van der Waals surface area (Å²) in [4.78, 5) is 0. The maximum absolute atomic E-state index is 13.3. The first-order chi connectivity index (χ1) is 10.0. The van der Waals surface area contributed by atoms with Crippen LogP contribution in [-0.2, 0) is 0 Å². The van der Waals surface area contributed by atoms with Gasteiger partial charge in [0.05, 0.1) is 16.5 Å². The molecule has 2 rings (SSSR count). The standard InChI is InChI=1S/C16H14BrClF2O/c1-2-5-21-15-4-3-10(8-14(15)17)16(18)11-6-12(19)9-13(20)7-11/h3-4,6-9,16H,2,5H2,1H3. The lowest BCUT2D eigenvalue weighted by Crippen LogP contribution is -1.99. The van der Waals surface area contributed by atoms with Gasteiger partial charge in [0.2, 0.25) is 0 Å². The lowest BCUT2D eigenvalue weighted by Gasteiger charge is -2.13. The van der Waals surface area contributed by atoms with Crippen LogP contribution in [0.15, 0.2) is 40.9 Å². The summed E-state index contributed by atoms with van der Waals surface area (Å²) in [5.41, 5.74) is 1.11. The molecule has 0 heterocycles. The number of rotatable bonds is 5. The van der Waals surface area contributed by atoms with Crippen LogP contribution in [0.3, 0.4) is 0 Å². The number of alkyl halides is 1. The predicted molar refractivity (Wildman–Crippen MR) is 84.0 cm³/mol. The summed E-state index contributed by atoms with van der Waals surface area (Å²) < 4.78 is 32.8. The van der Waals surface area contributed by atoms with Crippen LogP contribution in [0.4, 0.5) is 8.78 Å². The average molecular weight is 376 g/mol. The third-order valence-electron chi connectivity index (χ3n) is 2.89. The van der Waals surface area contributed by atoms with E-state index in [0.29, 0.717) is 12.2 Å². The first-order valence-corrected chi connectivity index (χ1v) is 7.76. The Kier molecular flexibility index (Phi) is 5.59. The van der Waals surface area contributed by atoms with E-state index in [0.717, 1.165) is 28.3 Å². The van der Waals surface area contributed by atoms with E-state index in [4.69, 9.17) is 16.3 Å². The second-order valence-corrected chi connectivity index (χ2v) is 5.89. The summed E-state index contributed by atoms with van der Waals surface area (Å²) in [6.07, 6.45) is 0.912. The van der Waals surface area contributed by atoms with Gasteiger partial charge in [-0.3, -0.25) is 0 Å². The molecule has 0 aromatic heterocycles. The molecule has 0 bridgehead atoms. The molecule has 0 aliphatic heterocycles. The van der Waals surface area contributed by atoms with Crippen molar-refractivity contribution in [1.82, 2.24) is 0 Å². The van der Waals surface area contributed by atoms with Crippen molar-refractivity contribution in [3.63, 3.8) is 0 Å². The average Bonchev–Trinajstić information content (AvgIpc) is 2.44. The van der Waals surface area contributed by atoms with Crippen molar-refractivity contribution in [2.24, 2.45) is 0 Å². The van der Waals surface area contributed by atoms with Crippen LogP contribution in [0.1, 0.15) is 29.8 Å². The maximum atomic E-state index is 13.3. The van der Waals surface area contributed by atoms with Crippen LogP contribution in [0.25, 0.3) is 0 Å². The monoisotopic (exact) mass is 374 g/mol. The van der Waals surface area contributed by atoms with Gasteiger partial charge in [-0.15, -0.1) is 11.6 Å². The van der Waals surface area contributed by atoms with E-state index in [9.17, 15) is 8.78 Å². The molecular formula is C16H14BrClF2O. The molecule has 1 nitrogen and oxygen atoms in total. The molecule has 2 aromatic rings. The molecule has 0 spiro atoms. The van der Waals surface area contributed by atoms with E-state index in [-0.39, 0.29) is 0 Å². The lowest BCUT2D eigenvalue weighted by molar-refractivity contribution is 0.315. The van der Waals surface area contributed by atoms with Gasteiger partial charge in [0, 0.05) is 6.07 Å². The predicted octanol–water partition coefficient (Wildman–Crippen LogP) is 5.84. The fourth-order valence-electron chi connectivity index (χ4n) is 1.92. The molecule has 0 fully saturated rings. The van der Waals surface area contributed by atoms with Gasteiger partial charge in [-0.25, -0.2) is 8.78 Å². The highest BCUT2D eigenvalue weighted by Crippen LogP contribution is 2.34. The van der Waals surface area contributed by atoms with Gasteiger partial charge >= 0.3 is 0 Å². The molecule has 1 atom stereocenters. The summed E-state index contributed by atoms with van der Waals surface area (Å²) in [6.45, 7) is 2.65. The van der Waals surface area contributed by atoms with Crippen molar-refractivity contribution >= 4 is 27.5 Å². The Hall–Kier alpha value is -1.13. The fraction of sp³-hybridized carbons (Fsp3) is 0.250. The van der Waals surface area contributed by atoms with Gasteiger partial charge in [-0.05, 0) is 57.7 Å². The normalized spacial score (nSPS) is 12.2. The molecule has 5 heteroatoms. The molecule has 0 aliphatic rings. The second-order valence-electron chi connectivity index (χ2n) is 4.60. The first-order valence-electron chi connectivity index (χ1n) is 6.53. The molecule has 0 saturated carbocycles. The lowest BCUT2D eigenvalue weighted by atomic mass is 10.0.